The highest BCUT2D eigenvalue weighted by Crippen LogP contribution is 2.15. The van der Waals surface area contributed by atoms with Crippen LogP contribution in [0.2, 0.25) is 0 Å². The lowest BCUT2D eigenvalue weighted by molar-refractivity contribution is -0.119. The van der Waals surface area contributed by atoms with Gasteiger partial charge in [0.2, 0.25) is 5.91 Å². The molecule has 4 nitrogen and oxygen atoms in total. The van der Waals surface area contributed by atoms with Gasteiger partial charge < -0.3 is 11.5 Å². The second kappa shape index (κ2) is 7.24. The van der Waals surface area contributed by atoms with E-state index >= 15 is 0 Å². The average Bonchev–Trinajstić information content (AvgIpc) is 2.40. The highest BCUT2D eigenvalue weighted by Gasteiger charge is 2.10. The Hall–Kier alpha value is -1.85. The normalized spacial score (nSPS) is 10.8. The molecule has 110 valence electrons. The van der Waals surface area contributed by atoms with Gasteiger partial charge in [0.1, 0.15) is 0 Å². The second-order valence-electron chi connectivity index (χ2n) is 4.98. The maximum Gasteiger partial charge on any atom is 0.231 e. The van der Waals surface area contributed by atoms with Crippen LogP contribution in [0.15, 0.2) is 53.0 Å². The van der Waals surface area contributed by atoms with Crippen LogP contribution in [0.5, 0.6) is 0 Å². The van der Waals surface area contributed by atoms with Crippen molar-refractivity contribution in [2.75, 3.05) is 12.3 Å². The Morgan fingerprint density at radius 1 is 1.05 bits per heavy atom. The van der Waals surface area contributed by atoms with E-state index in [9.17, 15) is 4.79 Å². The van der Waals surface area contributed by atoms with Gasteiger partial charge in [0.15, 0.2) is 0 Å². The predicted molar refractivity (Wildman–Crippen MR) is 88.3 cm³/mol. The number of halogens is 1. The summed E-state index contributed by atoms with van der Waals surface area (Å²) in [4.78, 5) is 13.3. The summed E-state index contributed by atoms with van der Waals surface area (Å²) in [5.74, 6) is -0.333. The molecule has 0 atom stereocenters. The number of nitrogens with zero attached hydrogens (tertiary/aromatic N) is 1. The first-order chi connectivity index (χ1) is 10.0. The molecule has 21 heavy (non-hydrogen) atoms. The van der Waals surface area contributed by atoms with Gasteiger partial charge in [-0.1, -0.05) is 40.2 Å². The lowest BCUT2D eigenvalue weighted by Gasteiger charge is -2.21. The Kier molecular flexibility index (Phi) is 5.36. The fourth-order valence-electron chi connectivity index (χ4n) is 2.16. The van der Waals surface area contributed by atoms with E-state index in [1.807, 2.05) is 53.4 Å². The fourth-order valence-corrected chi connectivity index (χ4v) is 2.61. The Labute approximate surface area is 132 Å². The number of rotatable bonds is 6. The van der Waals surface area contributed by atoms with Crippen molar-refractivity contribution in [1.29, 1.82) is 0 Å². The lowest BCUT2D eigenvalue weighted by atomic mass is 10.1. The van der Waals surface area contributed by atoms with Gasteiger partial charge in [-0.3, -0.25) is 9.69 Å². The summed E-state index contributed by atoms with van der Waals surface area (Å²) in [6.45, 7) is 1.53. The van der Waals surface area contributed by atoms with Gasteiger partial charge in [0.25, 0.3) is 0 Å². The SMILES string of the molecule is NC(=O)CN(Cc1ccc(N)cc1)Cc1cccc(Br)c1. The van der Waals surface area contributed by atoms with E-state index in [0.717, 1.165) is 21.3 Å². The molecule has 0 aliphatic heterocycles. The lowest BCUT2D eigenvalue weighted by Crippen LogP contribution is -2.33. The smallest absolute Gasteiger partial charge is 0.231 e. The van der Waals surface area contributed by atoms with Crippen LogP contribution in [0.4, 0.5) is 5.69 Å². The van der Waals surface area contributed by atoms with Crippen molar-refractivity contribution in [2.45, 2.75) is 13.1 Å². The monoisotopic (exact) mass is 347 g/mol. The molecule has 0 spiro atoms. The summed E-state index contributed by atoms with van der Waals surface area (Å²) in [6, 6.07) is 15.7. The minimum Gasteiger partial charge on any atom is -0.399 e. The van der Waals surface area contributed by atoms with Crippen molar-refractivity contribution in [2.24, 2.45) is 5.73 Å². The number of anilines is 1. The molecule has 5 heteroatoms. The first-order valence-electron chi connectivity index (χ1n) is 6.62. The van der Waals surface area contributed by atoms with Crippen molar-refractivity contribution in [1.82, 2.24) is 4.90 Å². The van der Waals surface area contributed by atoms with E-state index in [1.54, 1.807) is 0 Å². The zero-order valence-electron chi connectivity index (χ0n) is 11.6. The van der Waals surface area contributed by atoms with Gasteiger partial charge in [-0.25, -0.2) is 0 Å². The Morgan fingerprint density at radius 2 is 1.71 bits per heavy atom. The Morgan fingerprint density at radius 3 is 2.33 bits per heavy atom. The van der Waals surface area contributed by atoms with Gasteiger partial charge in [0.05, 0.1) is 6.54 Å². The minimum atomic E-state index is -0.333. The molecule has 2 aromatic carbocycles. The third kappa shape index (κ3) is 5.21. The van der Waals surface area contributed by atoms with Crippen molar-refractivity contribution >= 4 is 27.5 Å². The molecule has 0 unspecified atom stereocenters. The summed E-state index contributed by atoms with van der Waals surface area (Å²) in [5.41, 5.74) is 14.0. The quantitative estimate of drug-likeness (QED) is 0.788. The summed E-state index contributed by atoms with van der Waals surface area (Å²) in [5, 5.41) is 0. The van der Waals surface area contributed by atoms with E-state index < -0.39 is 0 Å². The molecule has 0 heterocycles. The van der Waals surface area contributed by atoms with Gasteiger partial charge in [-0.2, -0.15) is 0 Å². The van der Waals surface area contributed by atoms with Crippen molar-refractivity contribution in [3.63, 3.8) is 0 Å². The first-order valence-corrected chi connectivity index (χ1v) is 7.42. The molecular weight excluding hydrogens is 330 g/mol. The summed E-state index contributed by atoms with van der Waals surface area (Å²) in [7, 11) is 0. The molecule has 0 aliphatic carbocycles. The van der Waals surface area contributed by atoms with E-state index in [0.29, 0.717) is 13.1 Å². The highest BCUT2D eigenvalue weighted by molar-refractivity contribution is 9.10. The molecule has 0 aliphatic rings. The standard InChI is InChI=1S/C16H18BrN3O/c17-14-3-1-2-13(8-14)10-20(11-16(19)21)9-12-4-6-15(18)7-5-12/h1-8H,9-11,18H2,(H2,19,21). The number of nitrogen functional groups attached to an aromatic ring is 1. The molecule has 0 saturated heterocycles. The molecule has 1 amide bonds. The van der Waals surface area contributed by atoms with Crippen molar-refractivity contribution in [3.8, 4) is 0 Å². The molecule has 2 aromatic rings. The molecule has 4 N–H and O–H groups in total. The number of hydrogen-bond donors (Lipinski definition) is 2. The Balaban J connectivity index is 2.10. The number of benzene rings is 2. The van der Waals surface area contributed by atoms with Gasteiger partial charge >= 0.3 is 0 Å². The topological polar surface area (TPSA) is 72.4 Å². The van der Waals surface area contributed by atoms with Crippen LogP contribution in [0.1, 0.15) is 11.1 Å². The van der Waals surface area contributed by atoms with Crippen molar-refractivity contribution in [3.05, 3.63) is 64.1 Å². The maximum absolute atomic E-state index is 11.3. The highest BCUT2D eigenvalue weighted by atomic mass is 79.9. The summed E-state index contributed by atoms with van der Waals surface area (Å²) < 4.78 is 1.02. The van der Waals surface area contributed by atoms with Crippen LogP contribution in [-0.2, 0) is 17.9 Å². The fraction of sp³-hybridized carbons (Fsp3) is 0.188. The van der Waals surface area contributed by atoms with Gasteiger partial charge in [-0.05, 0) is 35.4 Å². The molecule has 0 aromatic heterocycles. The van der Waals surface area contributed by atoms with E-state index in [4.69, 9.17) is 11.5 Å². The van der Waals surface area contributed by atoms with E-state index in [-0.39, 0.29) is 12.5 Å². The molecule has 0 radical (unpaired) electrons. The Bertz CT molecular complexity index is 613. The minimum absolute atomic E-state index is 0.219. The first kappa shape index (κ1) is 15.5. The maximum atomic E-state index is 11.3. The second-order valence-corrected chi connectivity index (χ2v) is 5.90. The third-order valence-corrected chi connectivity index (χ3v) is 3.55. The van der Waals surface area contributed by atoms with E-state index in [1.165, 1.54) is 0 Å². The number of carbonyl (C=O) groups is 1. The van der Waals surface area contributed by atoms with Crippen LogP contribution in [0, 0.1) is 0 Å². The molecule has 0 saturated carbocycles. The third-order valence-electron chi connectivity index (χ3n) is 3.06. The summed E-state index contributed by atoms with van der Waals surface area (Å²) >= 11 is 3.45. The zero-order valence-corrected chi connectivity index (χ0v) is 13.2. The number of hydrogen-bond acceptors (Lipinski definition) is 3. The molecule has 0 fully saturated rings. The van der Waals surface area contributed by atoms with E-state index in [2.05, 4.69) is 15.9 Å². The van der Waals surface area contributed by atoms with Gasteiger partial charge in [0, 0.05) is 23.2 Å². The average molecular weight is 348 g/mol. The largest absolute Gasteiger partial charge is 0.399 e. The van der Waals surface area contributed by atoms with Crippen LogP contribution in [0.25, 0.3) is 0 Å². The van der Waals surface area contributed by atoms with Crippen LogP contribution in [-0.4, -0.2) is 17.4 Å². The summed E-state index contributed by atoms with van der Waals surface area (Å²) in [6.07, 6.45) is 0. The van der Waals surface area contributed by atoms with Gasteiger partial charge in [-0.15, -0.1) is 0 Å². The predicted octanol–water partition coefficient (Wildman–Crippen LogP) is 2.52. The van der Waals surface area contributed by atoms with Crippen LogP contribution in [0.3, 0.4) is 0 Å². The number of carbonyl (C=O) groups excluding carboxylic acids is 1. The molecule has 0 bridgehead atoms. The van der Waals surface area contributed by atoms with Crippen LogP contribution < -0.4 is 11.5 Å². The zero-order chi connectivity index (χ0) is 15.2. The number of primary amides is 1. The molecular formula is C16H18BrN3O. The molecule has 2 rings (SSSR count). The van der Waals surface area contributed by atoms with Crippen molar-refractivity contribution < 1.29 is 4.79 Å². The number of nitrogens with two attached hydrogens (primary N) is 2. The van der Waals surface area contributed by atoms with Crippen LogP contribution >= 0.6 is 15.9 Å². The number of amides is 1.